The molecule has 112 valence electrons. The molecule has 2 rings (SSSR count). The van der Waals surface area contributed by atoms with Crippen LogP contribution in [-0.2, 0) is 11.5 Å². The van der Waals surface area contributed by atoms with Crippen molar-refractivity contribution in [1.82, 2.24) is 4.98 Å². The third kappa shape index (κ3) is 5.43. The molecule has 0 aliphatic rings. The molecule has 0 saturated heterocycles. The smallest absolute Gasteiger partial charge is 0.126 e. The van der Waals surface area contributed by atoms with E-state index in [9.17, 15) is 0 Å². The highest BCUT2D eigenvalue weighted by Crippen LogP contribution is 2.19. The minimum atomic E-state index is 0.953. The number of anilines is 1. The number of benzene rings is 1. The van der Waals surface area contributed by atoms with Gasteiger partial charge >= 0.3 is 0 Å². The van der Waals surface area contributed by atoms with E-state index in [1.807, 2.05) is 17.8 Å². The minimum absolute atomic E-state index is 0.953. The quantitative estimate of drug-likeness (QED) is 0.783. The molecular weight excluding hydrogens is 276 g/mol. The van der Waals surface area contributed by atoms with Gasteiger partial charge in [0.25, 0.3) is 0 Å². The van der Waals surface area contributed by atoms with Crippen LogP contribution in [0.15, 0.2) is 36.4 Å². The molecule has 2 aromatic rings. The molecular formula is C18H24N2S. The van der Waals surface area contributed by atoms with Gasteiger partial charge in [-0.3, -0.25) is 0 Å². The summed E-state index contributed by atoms with van der Waals surface area (Å²) in [4.78, 5) is 4.64. The lowest BCUT2D eigenvalue weighted by Crippen LogP contribution is -2.02. The summed E-state index contributed by atoms with van der Waals surface area (Å²) < 4.78 is 0. The summed E-state index contributed by atoms with van der Waals surface area (Å²) >= 11 is 1.92. The lowest BCUT2D eigenvalue weighted by atomic mass is 10.1. The predicted octanol–water partition coefficient (Wildman–Crippen LogP) is 4.95. The molecule has 0 unspecified atom stereocenters. The van der Waals surface area contributed by atoms with Crippen LogP contribution in [0.1, 0.15) is 35.7 Å². The molecule has 0 fully saturated rings. The fourth-order valence-corrected chi connectivity index (χ4v) is 3.21. The van der Waals surface area contributed by atoms with Crippen LogP contribution in [0.25, 0.3) is 0 Å². The summed E-state index contributed by atoms with van der Waals surface area (Å²) in [7, 11) is 0. The van der Waals surface area contributed by atoms with E-state index in [4.69, 9.17) is 0 Å². The first-order valence-electron chi connectivity index (χ1n) is 7.52. The van der Waals surface area contributed by atoms with Crippen molar-refractivity contribution in [3.63, 3.8) is 0 Å². The lowest BCUT2D eigenvalue weighted by molar-refractivity contribution is 0.965. The normalized spacial score (nSPS) is 10.6. The van der Waals surface area contributed by atoms with E-state index in [1.54, 1.807) is 0 Å². The molecule has 0 bridgehead atoms. The van der Waals surface area contributed by atoms with Crippen LogP contribution in [0.4, 0.5) is 5.82 Å². The van der Waals surface area contributed by atoms with Crippen molar-refractivity contribution < 1.29 is 0 Å². The molecule has 1 aromatic carbocycles. The first-order chi connectivity index (χ1) is 10.2. The Morgan fingerprint density at radius 2 is 1.81 bits per heavy atom. The van der Waals surface area contributed by atoms with E-state index in [0.29, 0.717) is 0 Å². The Balaban J connectivity index is 1.88. The summed E-state index contributed by atoms with van der Waals surface area (Å²) in [6, 6.07) is 13.0. The average molecular weight is 300 g/mol. The molecule has 0 spiro atoms. The van der Waals surface area contributed by atoms with E-state index >= 15 is 0 Å². The molecule has 1 aromatic heterocycles. The van der Waals surface area contributed by atoms with Gasteiger partial charge in [-0.2, -0.15) is 11.8 Å². The SMILES string of the molecule is CCCNc1cccc(CSCc2cc(C)cc(C)c2)n1. The molecule has 21 heavy (non-hydrogen) atoms. The van der Waals surface area contributed by atoms with Gasteiger partial charge in [0, 0.05) is 18.1 Å². The fourth-order valence-electron chi connectivity index (χ4n) is 2.34. The standard InChI is InChI=1S/C18H24N2S/c1-4-8-19-18-7-5-6-17(20-18)13-21-12-16-10-14(2)9-15(3)11-16/h5-7,9-11H,4,8,12-13H2,1-3H3,(H,19,20). The highest BCUT2D eigenvalue weighted by atomic mass is 32.2. The van der Waals surface area contributed by atoms with Gasteiger partial charge in [0.05, 0.1) is 5.69 Å². The third-order valence-corrected chi connectivity index (χ3v) is 4.20. The van der Waals surface area contributed by atoms with Crippen LogP contribution in [-0.4, -0.2) is 11.5 Å². The summed E-state index contributed by atoms with van der Waals surface area (Å²) in [6.07, 6.45) is 1.12. The van der Waals surface area contributed by atoms with Gasteiger partial charge in [-0.15, -0.1) is 0 Å². The Morgan fingerprint density at radius 3 is 2.52 bits per heavy atom. The number of aromatic nitrogens is 1. The molecule has 0 aliphatic carbocycles. The zero-order valence-corrected chi connectivity index (χ0v) is 14.0. The maximum Gasteiger partial charge on any atom is 0.126 e. The summed E-state index contributed by atoms with van der Waals surface area (Å²) in [5.41, 5.74) is 5.23. The summed E-state index contributed by atoms with van der Waals surface area (Å²) in [5.74, 6) is 2.98. The van der Waals surface area contributed by atoms with Gasteiger partial charge in [-0.25, -0.2) is 4.98 Å². The predicted molar refractivity (Wildman–Crippen MR) is 93.9 cm³/mol. The molecule has 0 radical (unpaired) electrons. The molecule has 0 saturated carbocycles. The van der Waals surface area contributed by atoms with Gasteiger partial charge in [0.15, 0.2) is 0 Å². The van der Waals surface area contributed by atoms with E-state index in [1.165, 1.54) is 16.7 Å². The average Bonchev–Trinajstić information content (AvgIpc) is 2.44. The van der Waals surface area contributed by atoms with Gasteiger partial charge in [-0.1, -0.05) is 42.3 Å². The van der Waals surface area contributed by atoms with Crippen LogP contribution in [0.5, 0.6) is 0 Å². The van der Waals surface area contributed by atoms with Crippen LogP contribution in [0.2, 0.25) is 0 Å². The number of pyridine rings is 1. The van der Waals surface area contributed by atoms with Crippen molar-refractivity contribution in [2.45, 2.75) is 38.7 Å². The maximum absolute atomic E-state index is 4.64. The topological polar surface area (TPSA) is 24.9 Å². The monoisotopic (exact) mass is 300 g/mol. The number of nitrogens with zero attached hydrogens (tertiary/aromatic N) is 1. The highest BCUT2D eigenvalue weighted by molar-refractivity contribution is 7.97. The second kappa shape index (κ2) is 8.08. The van der Waals surface area contributed by atoms with Gasteiger partial charge < -0.3 is 5.32 Å². The maximum atomic E-state index is 4.64. The van der Waals surface area contributed by atoms with Gasteiger partial charge in [0.2, 0.25) is 0 Å². The first kappa shape index (κ1) is 15.9. The van der Waals surface area contributed by atoms with Crippen molar-refractivity contribution in [3.8, 4) is 0 Å². The van der Waals surface area contributed by atoms with Crippen LogP contribution >= 0.6 is 11.8 Å². The van der Waals surface area contributed by atoms with E-state index in [0.717, 1.165) is 36.0 Å². The van der Waals surface area contributed by atoms with Gasteiger partial charge in [0.1, 0.15) is 5.82 Å². The number of hydrogen-bond acceptors (Lipinski definition) is 3. The zero-order chi connectivity index (χ0) is 15.1. The molecule has 0 atom stereocenters. The van der Waals surface area contributed by atoms with E-state index < -0.39 is 0 Å². The second-order valence-corrected chi connectivity index (χ2v) is 6.42. The molecule has 1 N–H and O–H groups in total. The van der Waals surface area contributed by atoms with Gasteiger partial charge in [-0.05, 0) is 38.0 Å². The first-order valence-corrected chi connectivity index (χ1v) is 8.67. The molecule has 0 amide bonds. The minimum Gasteiger partial charge on any atom is -0.370 e. The van der Waals surface area contributed by atoms with Crippen molar-refractivity contribution in [2.75, 3.05) is 11.9 Å². The van der Waals surface area contributed by atoms with Crippen LogP contribution in [0, 0.1) is 13.8 Å². The van der Waals surface area contributed by atoms with Crippen molar-refractivity contribution in [3.05, 3.63) is 58.8 Å². The zero-order valence-electron chi connectivity index (χ0n) is 13.1. The summed E-state index contributed by atoms with van der Waals surface area (Å²) in [5, 5.41) is 3.34. The number of rotatable bonds is 7. The Labute approximate surface area is 132 Å². The number of aryl methyl sites for hydroxylation is 2. The Hall–Kier alpha value is -1.48. The third-order valence-electron chi connectivity index (χ3n) is 3.16. The Kier molecular flexibility index (Phi) is 6.12. The number of hydrogen-bond donors (Lipinski definition) is 1. The molecule has 1 heterocycles. The molecule has 0 aliphatic heterocycles. The number of thioether (sulfide) groups is 1. The van der Waals surface area contributed by atoms with E-state index in [2.05, 4.69) is 61.4 Å². The Morgan fingerprint density at radius 1 is 1.05 bits per heavy atom. The number of nitrogens with one attached hydrogen (secondary N) is 1. The van der Waals surface area contributed by atoms with Crippen LogP contribution < -0.4 is 5.32 Å². The summed E-state index contributed by atoms with van der Waals surface area (Å²) in [6.45, 7) is 7.46. The largest absolute Gasteiger partial charge is 0.370 e. The fraction of sp³-hybridized carbons (Fsp3) is 0.389. The second-order valence-electron chi connectivity index (χ2n) is 5.43. The van der Waals surface area contributed by atoms with Crippen LogP contribution in [0.3, 0.4) is 0 Å². The molecule has 2 nitrogen and oxygen atoms in total. The van der Waals surface area contributed by atoms with Crippen molar-refractivity contribution in [2.24, 2.45) is 0 Å². The highest BCUT2D eigenvalue weighted by Gasteiger charge is 2.00. The van der Waals surface area contributed by atoms with Crippen molar-refractivity contribution >= 4 is 17.6 Å². The molecule has 3 heteroatoms. The van der Waals surface area contributed by atoms with Crippen molar-refractivity contribution in [1.29, 1.82) is 0 Å². The van der Waals surface area contributed by atoms with E-state index in [-0.39, 0.29) is 0 Å². The lowest BCUT2D eigenvalue weighted by Gasteiger charge is -2.07. The Bertz CT molecular complexity index is 561.